The van der Waals surface area contributed by atoms with E-state index < -0.39 is 0 Å². The first-order chi connectivity index (χ1) is 15.9. The second kappa shape index (κ2) is 8.50. The summed E-state index contributed by atoms with van der Waals surface area (Å²) in [5.74, 6) is 0.514. The molecule has 5 aromatic rings. The van der Waals surface area contributed by atoms with E-state index in [4.69, 9.17) is 16.6 Å². The van der Waals surface area contributed by atoms with Gasteiger partial charge in [0.2, 0.25) is 0 Å². The molecule has 1 unspecified atom stereocenters. The highest BCUT2D eigenvalue weighted by atomic mass is 35.5. The smallest absolute Gasteiger partial charge is 0.266 e. The Hall–Kier alpha value is -3.42. The predicted octanol–water partition coefficient (Wildman–Crippen LogP) is 5.44. The molecule has 0 fully saturated rings. The van der Waals surface area contributed by atoms with Gasteiger partial charge in [-0.15, -0.1) is 0 Å². The number of para-hydroxylation sites is 2. The van der Waals surface area contributed by atoms with Gasteiger partial charge in [-0.25, -0.2) is 9.97 Å². The number of aryl methyl sites for hydroxylation is 1. The van der Waals surface area contributed by atoms with E-state index in [1.807, 2.05) is 56.3 Å². The van der Waals surface area contributed by atoms with Gasteiger partial charge in [-0.1, -0.05) is 53.7 Å². The Morgan fingerprint density at radius 2 is 1.70 bits per heavy atom. The fourth-order valence-electron chi connectivity index (χ4n) is 3.76. The van der Waals surface area contributed by atoms with Crippen molar-refractivity contribution in [3.8, 4) is 5.69 Å². The first-order valence-electron chi connectivity index (χ1n) is 10.4. The zero-order valence-electron chi connectivity index (χ0n) is 17.9. The number of fused-ring (bicyclic) bond motifs is 2. The molecule has 1 N–H and O–H groups in total. The highest BCUT2D eigenvalue weighted by Crippen LogP contribution is 2.34. The summed E-state index contributed by atoms with van der Waals surface area (Å²) in [6.45, 7) is 3.88. The van der Waals surface area contributed by atoms with Gasteiger partial charge in [-0.2, -0.15) is 0 Å². The Morgan fingerprint density at radius 1 is 0.939 bits per heavy atom. The summed E-state index contributed by atoms with van der Waals surface area (Å²) in [5, 5.41) is 1.74. The molecule has 2 aromatic heterocycles. The van der Waals surface area contributed by atoms with Crippen molar-refractivity contribution in [2.75, 3.05) is 0 Å². The number of rotatable bonds is 4. The van der Waals surface area contributed by atoms with E-state index in [0.29, 0.717) is 37.8 Å². The Morgan fingerprint density at radius 3 is 2.52 bits per heavy atom. The normalized spacial score (nSPS) is 12.3. The van der Waals surface area contributed by atoms with E-state index >= 15 is 0 Å². The maximum Gasteiger partial charge on any atom is 0.266 e. The highest BCUT2D eigenvalue weighted by Gasteiger charge is 2.20. The van der Waals surface area contributed by atoms with Crippen molar-refractivity contribution in [3.05, 3.63) is 104 Å². The predicted molar refractivity (Wildman–Crippen MR) is 134 cm³/mol. The lowest BCUT2D eigenvalue weighted by Gasteiger charge is -2.17. The van der Waals surface area contributed by atoms with Gasteiger partial charge in [-0.05, 0) is 55.8 Å². The van der Waals surface area contributed by atoms with Crippen LogP contribution in [0.1, 0.15) is 23.6 Å². The van der Waals surface area contributed by atoms with Crippen molar-refractivity contribution < 1.29 is 0 Å². The van der Waals surface area contributed by atoms with E-state index in [1.54, 1.807) is 28.8 Å². The van der Waals surface area contributed by atoms with E-state index in [0.717, 1.165) is 11.3 Å². The Bertz CT molecular complexity index is 1640. The SMILES string of the molecule is Cc1ccccc1-n1c(SC(C)c2nc3ccccc3c(=O)[nH]2)nc2cc(Cl)ccc2c1=O. The van der Waals surface area contributed by atoms with Crippen LogP contribution in [0.2, 0.25) is 5.02 Å². The zero-order chi connectivity index (χ0) is 23.1. The van der Waals surface area contributed by atoms with Crippen LogP contribution in [0.4, 0.5) is 0 Å². The highest BCUT2D eigenvalue weighted by molar-refractivity contribution is 7.99. The van der Waals surface area contributed by atoms with E-state index in [9.17, 15) is 9.59 Å². The van der Waals surface area contributed by atoms with E-state index in [-0.39, 0.29) is 16.4 Å². The molecule has 8 heteroatoms. The average Bonchev–Trinajstić information content (AvgIpc) is 2.80. The van der Waals surface area contributed by atoms with Crippen molar-refractivity contribution in [1.29, 1.82) is 0 Å². The van der Waals surface area contributed by atoms with Gasteiger partial charge >= 0.3 is 0 Å². The molecule has 0 amide bonds. The number of halogens is 1. The third-order valence-electron chi connectivity index (χ3n) is 5.46. The van der Waals surface area contributed by atoms with Crippen LogP contribution in [0.3, 0.4) is 0 Å². The fourth-order valence-corrected chi connectivity index (χ4v) is 4.90. The van der Waals surface area contributed by atoms with Crippen molar-refractivity contribution >= 4 is 45.2 Å². The Kier molecular flexibility index (Phi) is 5.52. The maximum absolute atomic E-state index is 13.6. The molecule has 5 rings (SSSR count). The van der Waals surface area contributed by atoms with Crippen LogP contribution in [-0.2, 0) is 0 Å². The molecule has 0 radical (unpaired) electrons. The maximum atomic E-state index is 13.6. The minimum absolute atomic E-state index is 0.180. The molecular formula is C25H19ClN4O2S. The number of nitrogens with zero attached hydrogens (tertiary/aromatic N) is 3. The molecule has 3 aromatic carbocycles. The second-order valence-electron chi connectivity index (χ2n) is 7.71. The minimum Gasteiger partial charge on any atom is -0.309 e. The van der Waals surface area contributed by atoms with Crippen molar-refractivity contribution in [2.24, 2.45) is 0 Å². The summed E-state index contributed by atoms with van der Waals surface area (Å²) in [7, 11) is 0. The first kappa shape index (κ1) is 21.4. The summed E-state index contributed by atoms with van der Waals surface area (Å²) in [6.07, 6.45) is 0. The molecule has 0 saturated heterocycles. The van der Waals surface area contributed by atoms with Gasteiger partial charge in [0.05, 0.1) is 32.7 Å². The number of H-pyrrole nitrogens is 1. The molecule has 0 aliphatic rings. The average molecular weight is 475 g/mol. The van der Waals surface area contributed by atoms with Crippen LogP contribution < -0.4 is 11.1 Å². The van der Waals surface area contributed by atoms with Crippen LogP contribution in [0, 0.1) is 6.92 Å². The van der Waals surface area contributed by atoms with Crippen LogP contribution in [0.5, 0.6) is 0 Å². The van der Waals surface area contributed by atoms with Gasteiger partial charge in [-0.3, -0.25) is 14.2 Å². The summed E-state index contributed by atoms with van der Waals surface area (Å²) in [6, 6.07) is 19.9. The van der Waals surface area contributed by atoms with Crippen molar-refractivity contribution in [3.63, 3.8) is 0 Å². The zero-order valence-corrected chi connectivity index (χ0v) is 19.4. The lowest BCUT2D eigenvalue weighted by Crippen LogP contribution is -2.23. The van der Waals surface area contributed by atoms with Gasteiger partial charge in [0.25, 0.3) is 11.1 Å². The summed E-state index contributed by atoms with van der Waals surface area (Å²) < 4.78 is 1.62. The summed E-state index contributed by atoms with van der Waals surface area (Å²) in [4.78, 5) is 38.4. The Balaban J connectivity index is 1.69. The number of hydrogen-bond donors (Lipinski definition) is 1. The first-order valence-corrected chi connectivity index (χ1v) is 11.6. The summed E-state index contributed by atoms with van der Waals surface area (Å²) >= 11 is 7.53. The van der Waals surface area contributed by atoms with Crippen molar-refractivity contribution in [1.82, 2.24) is 19.5 Å². The molecular weight excluding hydrogens is 456 g/mol. The molecule has 0 saturated carbocycles. The van der Waals surface area contributed by atoms with Crippen LogP contribution in [0.25, 0.3) is 27.5 Å². The molecule has 6 nitrogen and oxygen atoms in total. The molecule has 0 bridgehead atoms. The third-order valence-corrected chi connectivity index (χ3v) is 6.75. The van der Waals surface area contributed by atoms with Gasteiger partial charge in [0, 0.05) is 5.02 Å². The number of benzene rings is 3. The minimum atomic E-state index is -0.277. The molecule has 0 aliphatic heterocycles. The number of aromatic amines is 1. The van der Waals surface area contributed by atoms with Gasteiger partial charge in [0.15, 0.2) is 5.16 Å². The molecule has 0 spiro atoms. The molecule has 164 valence electrons. The van der Waals surface area contributed by atoms with E-state index in [2.05, 4.69) is 9.97 Å². The number of hydrogen-bond acceptors (Lipinski definition) is 5. The number of nitrogens with one attached hydrogen (secondary N) is 1. The second-order valence-corrected chi connectivity index (χ2v) is 9.46. The molecule has 0 aliphatic carbocycles. The quantitative estimate of drug-likeness (QED) is 0.277. The van der Waals surface area contributed by atoms with Crippen LogP contribution in [-0.4, -0.2) is 19.5 Å². The lowest BCUT2D eigenvalue weighted by molar-refractivity contribution is 0.805. The third kappa shape index (κ3) is 3.94. The largest absolute Gasteiger partial charge is 0.309 e. The summed E-state index contributed by atoms with van der Waals surface area (Å²) in [5.41, 5.74) is 2.46. The monoisotopic (exact) mass is 474 g/mol. The van der Waals surface area contributed by atoms with Gasteiger partial charge in [0.1, 0.15) is 5.82 Å². The van der Waals surface area contributed by atoms with Crippen LogP contribution >= 0.6 is 23.4 Å². The van der Waals surface area contributed by atoms with E-state index in [1.165, 1.54) is 11.8 Å². The Labute approximate surface area is 198 Å². The fraction of sp³-hybridized carbons (Fsp3) is 0.120. The number of thioether (sulfide) groups is 1. The molecule has 1 atom stereocenters. The number of aromatic nitrogens is 4. The lowest BCUT2D eigenvalue weighted by atomic mass is 10.2. The van der Waals surface area contributed by atoms with Crippen molar-refractivity contribution in [2.45, 2.75) is 24.3 Å². The topological polar surface area (TPSA) is 80.6 Å². The van der Waals surface area contributed by atoms with Gasteiger partial charge < -0.3 is 4.98 Å². The molecule has 2 heterocycles. The standard InChI is InChI=1S/C25H19ClN4O2S/c1-14-7-3-6-10-21(14)30-24(32)18-12-11-16(26)13-20(18)28-25(30)33-15(2)22-27-19-9-5-4-8-17(19)23(31)29-22/h3-13,15H,1-2H3,(H,27,29,31). The van der Waals surface area contributed by atoms with Crippen LogP contribution in [0.15, 0.2) is 81.5 Å². The molecule has 33 heavy (non-hydrogen) atoms.